The van der Waals surface area contributed by atoms with E-state index >= 15 is 0 Å². The van der Waals surface area contributed by atoms with E-state index in [-0.39, 0.29) is 11.8 Å². The maximum Gasteiger partial charge on any atom is 0.256 e. The lowest BCUT2D eigenvalue weighted by Crippen LogP contribution is -2.25. The van der Waals surface area contributed by atoms with Gasteiger partial charge < -0.3 is 10.6 Å². The van der Waals surface area contributed by atoms with Crippen molar-refractivity contribution in [1.29, 1.82) is 0 Å². The smallest absolute Gasteiger partial charge is 0.256 e. The van der Waals surface area contributed by atoms with E-state index in [0.717, 1.165) is 15.3 Å². The van der Waals surface area contributed by atoms with E-state index < -0.39 is 0 Å². The van der Waals surface area contributed by atoms with Crippen molar-refractivity contribution in [2.75, 3.05) is 5.32 Å². The lowest BCUT2D eigenvalue weighted by molar-refractivity contribution is 0.0952. The Morgan fingerprint density at radius 1 is 0.889 bits per heavy atom. The van der Waals surface area contributed by atoms with Crippen molar-refractivity contribution in [3.05, 3.63) is 86.6 Å². The average Bonchev–Trinajstić information content (AvgIpc) is 3.00. The lowest BCUT2D eigenvalue weighted by Gasteiger charge is -2.11. The van der Waals surface area contributed by atoms with Crippen LogP contribution in [0.15, 0.2) is 54.6 Å². The molecule has 3 rings (SSSR count). The van der Waals surface area contributed by atoms with Crippen LogP contribution in [0.3, 0.4) is 0 Å². The number of amides is 2. The predicted octanol–water partition coefficient (Wildman–Crippen LogP) is 4.86. The Morgan fingerprint density at radius 2 is 1.59 bits per heavy atom. The predicted molar refractivity (Wildman–Crippen MR) is 111 cm³/mol. The number of para-hydroxylation sites is 1. The number of hydrogen-bond donors (Lipinski definition) is 2. The normalized spacial score (nSPS) is 10.5. The summed E-state index contributed by atoms with van der Waals surface area (Å²) in [5.74, 6) is -0.416. The van der Waals surface area contributed by atoms with Crippen LogP contribution in [-0.2, 0) is 6.54 Å². The standard InChI is InChI=1S/C22H22N2O2S/c1-14-8-10-17(11-9-14)13-23-21(25)18-6-4-5-7-20(18)24-22(26)19-12-15(2)27-16(19)3/h4-12H,13H2,1-3H3,(H,23,25)(H,24,26). The molecule has 0 unspecified atom stereocenters. The number of hydrogen-bond acceptors (Lipinski definition) is 3. The molecule has 0 aliphatic heterocycles. The summed E-state index contributed by atoms with van der Waals surface area (Å²) in [6.07, 6.45) is 0. The summed E-state index contributed by atoms with van der Waals surface area (Å²) in [5, 5.41) is 5.79. The van der Waals surface area contributed by atoms with Gasteiger partial charge in [-0.1, -0.05) is 42.0 Å². The second-order valence-electron chi connectivity index (χ2n) is 6.49. The molecule has 0 spiro atoms. The maximum absolute atomic E-state index is 12.6. The van der Waals surface area contributed by atoms with Crippen LogP contribution < -0.4 is 10.6 Å². The fourth-order valence-corrected chi connectivity index (χ4v) is 3.74. The molecule has 0 bridgehead atoms. The quantitative estimate of drug-likeness (QED) is 0.666. The highest BCUT2D eigenvalue weighted by Gasteiger charge is 2.16. The Kier molecular flexibility index (Phi) is 5.72. The second kappa shape index (κ2) is 8.18. The van der Waals surface area contributed by atoms with Crippen LogP contribution in [0.1, 0.15) is 41.6 Å². The zero-order valence-corrected chi connectivity index (χ0v) is 16.4. The third kappa shape index (κ3) is 4.63. The molecule has 0 aliphatic rings. The van der Waals surface area contributed by atoms with Gasteiger partial charge >= 0.3 is 0 Å². The summed E-state index contributed by atoms with van der Waals surface area (Å²) in [4.78, 5) is 27.3. The van der Waals surface area contributed by atoms with Gasteiger partial charge in [0, 0.05) is 16.3 Å². The van der Waals surface area contributed by atoms with Crippen molar-refractivity contribution >= 4 is 28.8 Å². The molecule has 0 saturated heterocycles. The van der Waals surface area contributed by atoms with Gasteiger partial charge in [-0.25, -0.2) is 0 Å². The fraction of sp³-hybridized carbons (Fsp3) is 0.182. The number of nitrogens with one attached hydrogen (secondary N) is 2. The number of carbonyl (C=O) groups excluding carboxylic acids is 2. The minimum absolute atomic E-state index is 0.198. The highest BCUT2D eigenvalue weighted by molar-refractivity contribution is 7.12. The van der Waals surface area contributed by atoms with Gasteiger partial charge in [0.1, 0.15) is 0 Å². The third-order valence-electron chi connectivity index (χ3n) is 4.28. The molecule has 4 nitrogen and oxygen atoms in total. The Bertz CT molecular complexity index is 974. The molecule has 1 heterocycles. The van der Waals surface area contributed by atoms with Crippen LogP contribution in [-0.4, -0.2) is 11.8 Å². The third-order valence-corrected chi connectivity index (χ3v) is 5.25. The van der Waals surface area contributed by atoms with Gasteiger partial charge in [0.2, 0.25) is 0 Å². The van der Waals surface area contributed by atoms with Crippen molar-refractivity contribution in [3.8, 4) is 0 Å². The lowest BCUT2D eigenvalue weighted by atomic mass is 10.1. The molecule has 0 saturated carbocycles. The van der Waals surface area contributed by atoms with Gasteiger partial charge in [0.15, 0.2) is 0 Å². The molecule has 2 amide bonds. The second-order valence-corrected chi connectivity index (χ2v) is 7.96. The van der Waals surface area contributed by atoms with Gasteiger partial charge in [-0.3, -0.25) is 9.59 Å². The van der Waals surface area contributed by atoms with Crippen molar-refractivity contribution in [1.82, 2.24) is 5.32 Å². The molecule has 0 radical (unpaired) electrons. The molecule has 3 aromatic rings. The van der Waals surface area contributed by atoms with Crippen molar-refractivity contribution in [3.63, 3.8) is 0 Å². The summed E-state index contributed by atoms with van der Waals surface area (Å²) in [7, 11) is 0. The SMILES string of the molecule is Cc1ccc(CNC(=O)c2ccccc2NC(=O)c2cc(C)sc2C)cc1. The molecule has 27 heavy (non-hydrogen) atoms. The number of anilines is 1. The highest BCUT2D eigenvalue weighted by atomic mass is 32.1. The number of rotatable bonds is 5. The summed E-state index contributed by atoms with van der Waals surface area (Å²) in [6.45, 7) is 6.36. The van der Waals surface area contributed by atoms with E-state index in [1.807, 2.05) is 51.1 Å². The Labute approximate surface area is 163 Å². The Morgan fingerprint density at radius 3 is 2.26 bits per heavy atom. The highest BCUT2D eigenvalue weighted by Crippen LogP contribution is 2.23. The number of thiophene rings is 1. The van der Waals surface area contributed by atoms with E-state index in [2.05, 4.69) is 10.6 Å². The van der Waals surface area contributed by atoms with Gasteiger partial charge in [-0.2, -0.15) is 0 Å². The molecular formula is C22H22N2O2S. The topological polar surface area (TPSA) is 58.2 Å². The zero-order valence-electron chi connectivity index (χ0n) is 15.6. The van der Waals surface area contributed by atoms with Gasteiger partial charge in [0.25, 0.3) is 11.8 Å². The van der Waals surface area contributed by atoms with Gasteiger partial charge in [-0.15, -0.1) is 11.3 Å². The first-order valence-corrected chi connectivity index (χ1v) is 9.57. The van der Waals surface area contributed by atoms with E-state index in [4.69, 9.17) is 0 Å². The summed E-state index contributed by atoms with van der Waals surface area (Å²) in [6, 6.07) is 16.9. The molecular weight excluding hydrogens is 356 g/mol. The van der Waals surface area contributed by atoms with Crippen LogP contribution in [0.4, 0.5) is 5.69 Å². The zero-order chi connectivity index (χ0) is 19.4. The van der Waals surface area contributed by atoms with Crippen LogP contribution in [0.25, 0.3) is 0 Å². The number of aryl methyl sites for hydroxylation is 3. The first kappa shape index (κ1) is 18.9. The molecule has 1 aromatic heterocycles. The minimum atomic E-state index is -0.218. The Balaban J connectivity index is 1.73. The van der Waals surface area contributed by atoms with Gasteiger partial charge in [-0.05, 0) is 44.5 Å². The molecule has 0 aliphatic carbocycles. The fourth-order valence-electron chi connectivity index (χ4n) is 2.82. The molecule has 138 valence electrons. The van der Waals surface area contributed by atoms with E-state index in [9.17, 15) is 9.59 Å². The first-order chi connectivity index (χ1) is 12.9. The molecule has 5 heteroatoms. The molecule has 0 fully saturated rings. The monoisotopic (exact) mass is 378 g/mol. The minimum Gasteiger partial charge on any atom is -0.348 e. The molecule has 2 aromatic carbocycles. The molecule has 2 N–H and O–H groups in total. The first-order valence-electron chi connectivity index (χ1n) is 8.75. The van der Waals surface area contributed by atoms with Gasteiger partial charge in [0.05, 0.1) is 16.8 Å². The largest absolute Gasteiger partial charge is 0.348 e. The van der Waals surface area contributed by atoms with E-state index in [0.29, 0.717) is 23.4 Å². The average molecular weight is 378 g/mol. The van der Waals surface area contributed by atoms with Crippen LogP contribution in [0.2, 0.25) is 0 Å². The van der Waals surface area contributed by atoms with Crippen molar-refractivity contribution in [2.45, 2.75) is 27.3 Å². The Hall–Kier alpha value is -2.92. The van der Waals surface area contributed by atoms with Crippen molar-refractivity contribution < 1.29 is 9.59 Å². The van der Waals surface area contributed by atoms with Crippen molar-refractivity contribution in [2.24, 2.45) is 0 Å². The van der Waals surface area contributed by atoms with Crippen LogP contribution in [0, 0.1) is 20.8 Å². The summed E-state index contributed by atoms with van der Waals surface area (Å²) >= 11 is 1.59. The number of carbonyl (C=O) groups is 2. The summed E-state index contributed by atoms with van der Waals surface area (Å²) in [5.41, 5.74) is 3.80. The van der Waals surface area contributed by atoms with E-state index in [1.54, 1.807) is 35.6 Å². The number of benzene rings is 2. The summed E-state index contributed by atoms with van der Waals surface area (Å²) < 4.78 is 0. The van der Waals surface area contributed by atoms with Crippen LogP contribution >= 0.6 is 11.3 Å². The van der Waals surface area contributed by atoms with E-state index in [1.165, 1.54) is 5.56 Å². The maximum atomic E-state index is 12.6. The van der Waals surface area contributed by atoms with Crippen LogP contribution in [0.5, 0.6) is 0 Å². The molecule has 0 atom stereocenters.